The van der Waals surface area contributed by atoms with Crippen molar-refractivity contribution in [3.63, 3.8) is 0 Å². The number of anilines is 1. The van der Waals surface area contributed by atoms with Crippen molar-refractivity contribution in [2.24, 2.45) is 5.92 Å². The summed E-state index contributed by atoms with van der Waals surface area (Å²) in [6.45, 7) is 5.94. The Balaban J connectivity index is 2.51. The number of benzene rings is 1. The van der Waals surface area contributed by atoms with Gasteiger partial charge < -0.3 is 5.73 Å². The van der Waals surface area contributed by atoms with Gasteiger partial charge in [-0.3, -0.25) is 0 Å². The molecule has 0 amide bonds. The maximum absolute atomic E-state index is 13.7. The average molecular weight is 338 g/mol. The van der Waals surface area contributed by atoms with Gasteiger partial charge in [0.05, 0.1) is 10.2 Å². The first-order chi connectivity index (χ1) is 9.38. The van der Waals surface area contributed by atoms with Gasteiger partial charge in [-0.15, -0.1) is 0 Å². The molecule has 1 aromatic carbocycles. The monoisotopic (exact) mass is 337 g/mol. The molecule has 0 radical (unpaired) electrons. The molecule has 0 atom stereocenters. The van der Waals surface area contributed by atoms with Crippen LogP contribution < -0.4 is 5.73 Å². The number of rotatable bonds is 3. The molecule has 2 rings (SSSR count). The first kappa shape index (κ1) is 14.9. The van der Waals surface area contributed by atoms with Gasteiger partial charge in [0, 0.05) is 5.56 Å². The van der Waals surface area contributed by atoms with E-state index in [4.69, 9.17) is 5.73 Å². The summed E-state index contributed by atoms with van der Waals surface area (Å²) in [5, 5.41) is 0. The summed E-state index contributed by atoms with van der Waals surface area (Å²) in [5.74, 6) is 1.02. The topological polar surface area (TPSA) is 51.8 Å². The second-order valence-electron chi connectivity index (χ2n) is 5.26. The van der Waals surface area contributed by atoms with Crippen LogP contribution in [-0.4, -0.2) is 9.97 Å². The Labute approximate surface area is 126 Å². The second-order valence-corrected chi connectivity index (χ2v) is 6.05. The van der Waals surface area contributed by atoms with E-state index in [1.165, 1.54) is 6.07 Å². The largest absolute Gasteiger partial charge is 0.383 e. The van der Waals surface area contributed by atoms with Crippen LogP contribution >= 0.6 is 15.9 Å². The fraction of sp³-hybridized carbons (Fsp3) is 0.333. The Bertz CT molecular complexity index is 641. The number of nitrogens with zero attached hydrogens (tertiary/aromatic N) is 2. The first-order valence-electron chi connectivity index (χ1n) is 6.47. The highest BCUT2D eigenvalue weighted by Crippen LogP contribution is 2.27. The fourth-order valence-corrected chi connectivity index (χ4v) is 2.24. The maximum atomic E-state index is 13.7. The first-order valence-corrected chi connectivity index (χ1v) is 7.26. The lowest BCUT2D eigenvalue weighted by molar-refractivity contribution is 0.618. The molecule has 0 aliphatic rings. The van der Waals surface area contributed by atoms with Gasteiger partial charge in [-0.1, -0.05) is 26.0 Å². The van der Waals surface area contributed by atoms with Crippen LogP contribution in [0.5, 0.6) is 0 Å². The predicted octanol–water partition coefficient (Wildman–Crippen LogP) is 4.13. The summed E-state index contributed by atoms with van der Waals surface area (Å²) in [4.78, 5) is 8.74. The minimum atomic E-state index is -0.266. The molecule has 1 aromatic heterocycles. The van der Waals surface area contributed by atoms with Crippen molar-refractivity contribution >= 4 is 21.7 Å². The summed E-state index contributed by atoms with van der Waals surface area (Å²) in [7, 11) is 0. The Morgan fingerprint density at radius 2 is 2.00 bits per heavy atom. The molecule has 0 aliphatic carbocycles. The molecule has 0 bridgehead atoms. The van der Waals surface area contributed by atoms with E-state index in [1.54, 1.807) is 19.1 Å². The Morgan fingerprint density at radius 3 is 2.60 bits per heavy atom. The summed E-state index contributed by atoms with van der Waals surface area (Å²) in [6.07, 6.45) is 0.786. The number of nitrogen functional groups attached to an aromatic ring is 1. The van der Waals surface area contributed by atoms with Crippen molar-refractivity contribution in [2.45, 2.75) is 27.2 Å². The highest BCUT2D eigenvalue weighted by molar-refractivity contribution is 9.10. The molecule has 0 fully saturated rings. The molecule has 3 nitrogen and oxygen atoms in total. The predicted molar refractivity (Wildman–Crippen MR) is 82.8 cm³/mol. The molecule has 0 spiro atoms. The van der Waals surface area contributed by atoms with Crippen molar-refractivity contribution in [2.75, 3.05) is 5.73 Å². The third-order valence-corrected chi connectivity index (χ3v) is 3.84. The summed E-state index contributed by atoms with van der Waals surface area (Å²) >= 11 is 3.42. The number of halogens is 2. The van der Waals surface area contributed by atoms with Gasteiger partial charge >= 0.3 is 0 Å². The van der Waals surface area contributed by atoms with Gasteiger partial charge in [0.1, 0.15) is 11.6 Å². The van der Waals surface area contributed by atoms with E-state index >= 15 is 0 Å². The molecule has 2 N–H and O–H groups in total. The van der Waals surface area contributed by atoms with Gasteiger partial charge in [-0.25, -0.2) is 14.4 Å². The van der Waals surface area contributed by atoms with Gasteiger partial charge in [0.15, 0.2) is 5.82 Å². The highest BCUT2D eigenvalue weighted by Gasteiger charge is 2.13. The zero-order valence-corrected chi connectivity index (χ0v) is 13.3. The van der Waals surface area contributed by atoms with Crippen LogP contribution in [0.2, 0.25) is 0 Å². The molecule has 20 heavy (non-hydrogen) atoms. The van der Waals surface area contributed by atoms with Crippen molar-refractivity contribution in [3.05, 3.63) is 39.7 Å². The van der Waals surface area contributed by atoms with E-state index in [2.05, 4.69) is 39.7 Å². The van der Waals surface area contributed by atoms with Gasteiger partial charge in [0.2, 0.25) is 0 Å². The quantitative estimate of drug-likeness (QED) is 0.915. The fourth-order valence-electron chi connectivity index (χ4n) is 1.90. The summed E-state index contributed by atoms with van der Waals surface area (Å²) < 4.78 is 14.4. The lowest BCUT2D eigenvalue weighted by atomic mass is 10.1. The van der Waals surface area contributed by atoms with Crippen LogP contribution in [0.3, 0.4) is 0 Å². The van der Waals surface area contributed by atoms with E-state index in [9.17, 15) is 4.39 Å². The smallest absolute Gasteiger partial charge is 0.161 e. The zero-order chi connectivity index (χ0) is 14.9. The number of nitrogens with two attached hydrogens (primary N) is 1. The zero-order valence-electron chi connectivity index (χ0n) is 11.7. The van der Waals surface area contributed by atoms with E-state index < -0.39 is 0 Å². The molecular formula is C15H17BrFN3. The van der Waals surface area contributed by atoms with E-state index in [0.717, 1.165) is 16.6 Å². The molecule has 0 aliphatic heterocycles. The van der Waals surface area contributed by atoms with Crippen LogP contribution in [0.4, 0.5) is 10.2 Å². The van der Waals surface area contributed by atoms with E-state index in [1.807, 2.05) is 0 Å². The number of hydrogen-bond acceptors (Lipinski definition) is 3. The van der Waals surface area contributed by atoms with Crippen molar-refractivity contribution in [1.29, 1.82) is 0 Å². The molecule has 2 aromatic rings. The summed E-state index contributed by atoms with van der Waals surface area (Å²) in [5.41, 5.74) is 8.00. The van der Waals surface area contributed by atoms with E-state index in [0.29, 0.717) is 28.7 Å². The number of aryl methyl sites for hydroxylation is 1. The van der Waals surface area contributed by atoms with Crippen LogP contribution in [0.25, 0.3) is 11.4 Å². The standard InChI is InChI=1S/C15H17BrFN3/c1-8(2)6-12-13(16)14(18)20-15(19-12)10-5-4-9(3)11(17)7-10/h4-5,7-8H,6H2,1-3H3,(H2,18,19,20). The minimum absolute atomic E-state index is 0.266. The number of hydrogen-bond donors (Lipinski definition) is 1. The second kappa shape index (κ2) is 5.87. The van der Waals surface area contributed by atoms with Crippen molar-refractivity contribution in [3.8, 4) is 11.4 Å². The molecule has 0 saturated heterocycles. The lowest BCUT2D eigenvalue weighted by Crippen LogP contribution is -2.05. The average Bonchev–Trinajstić information content (AvgIpc) is 2.37. The minimum Gasteiger partial charge on any atom is -0.383 e. The SMILES string of the molecule is Cc1ccc(-c2nc(N)c(Br)c(CC(C)C)n2)cc1F. The summed E-state index contributed by atoms with van der Waals surface area (Å²) in [6, 6.07) is 4.96. The van der Waals surface area contributed by atoms with Gasteiger partial charge in [-0.05, 0) is 46.8 Å². The van der Waals surface area contributed by atoms with Crippen LogP contribution in [0.1, 0.15) is 25.1 Å². The molecule has 106 valence electrons. The van der Waals surface area contributed by atoms with Crippen molar-refractivity contribution in [1.82, 2.24) is 9.97 Å². The highest BCUT2D eigenvalue weighted by atomic mass is 79.9. The lowest BCUT2D eigenvalue weighted by Gasteiger charge is -2.11. The Hall–Kier alpha value is -1.49. The molecule has 0 unspecified atom stereocenters. The molecule has 1 heterocycles. The maximum Gasteiger partial charge on any atom is 0.161 e. The molecular weight excluding hydrogens is 321 g/mol. The van der Waals surface area contributed by atoms with Gasteiger partial charge in [0.25, 0.3) is 0 Å². The van der Waals surface area contributed by atoms with Gasteiger partial charge in [-0.2, -0.15) is 0 Å². The Kier molecular flexibility index (Phi) is 4.38. The normalized spacial score (nSPS) is 11.1. The van der Waals surface area contributed by atoms with Crippen molar-refractivity contribution < 1.29 is 4.39 Å². The number of aromatic nitrogens is 2. The third kappa shape index (κ3) is 3.15. The third-order valence-electron chi connectivity index (χ3n) is 2.98. The molecule has 5 heteroatoms. The molecule has 0 saturated carbocycles. The van der Waals surface area contributed by atoms with E-state index in [-0.39, 0.29) is 5.82 Å². The van der Waals surface area contributed by atoms with Crippen LogP contribution in [0.15, 0.2) is 22.7 Å². The Morgan fingerprint density at radius 1 is 1.30 bits per heavy atom. The van der Waals surface area contributed by atoms with Crippen LogP contribution in [-0.2, 0) is 6.42 Å². The van der Waals surface area contributed by atoms with Crippen LogP contribution in [0, 0.1) is 18.7 Å².